The van der Waals surface area contributed by atoms with E-state index in [2.05, 4.69) is 132 Å². The van der Waals surface area contributed by atoms with Crippen molar-refractivity contribution in [1.82, 2.24) is 14.1 Å². The first-order valence-electron chi connectivity index (χ1n) is 12.8. The Bertz CT molecular complexity index is 1910. The van der Waals surface area contributed by atoms with Gasteiger partial charge in [0.25, 0.3) is 0 Å². The van der Waals surface area contributed by atoms with Gasteiger partial charge in [0.15, 0.2) is 0 Å². The van der Waals surface area contributed by atoms with Crippen molar-refractivity contribution in [2.75, 3.05) is 0 Å². The van der Waals surface area contributed by atoms with Gasteiger partial charge in [0.05, 0.1) is 16.6 Å². The molecule has 0 N–H and O–H groups in total. The van der Waals surface area contributed by atoms with E-state index in [1.807, 2.05) is 24.4 Å². The molecule has 0 spiro atoms. The van der Waals surface area contributed by atoms with Crippen LogP contribution in [0.2, 0.25) is 0 Å². The highest BCUT2D eigenvalue weighted by Crippen LogP contribution is 2.35. The van der Waals surface area contributed by atoms with E-state index >= 15 is 0 Å². The summed E-state index contributed by atoms with van der Waals surface area (Å²) >= 11 is 0. The van der Waals surface area contributed by atoms with Crippen LogP contribution < -0.4 is 0 Å². The smallest absolute Gasteiger partial charge is 0.0802 e. The van der Waals surface area contributed by atoms with Crippen LogP contribution in [0.25, 0.3) is 55.4 Å². The first-order chi connectivity index (χ1) is 18.7. The SMILES string of the molecule is C=C/C=C\c1c(C)c2ccccc2n1C.c1ccc(-n2c3ccccc3c3c4ncccc4ccc32)cc1. The summed E-state index contributed by atoms with van der Waals surface area (Å²) in [4.78, 5) is 4.65. The van der Waals surface area contributed by atoms with Crippen LogP contribution in [0.5, 0.6) is 0 Å². The molecule has 0 unspecified atom stereocenters. The van der Waals surface area contributed by atoms with Gasteiger partial charge in [-0.2, -0.15) is 0 Å². The van der Waals surface area contributed by atoms with Gasteiger partial charge in [-0.05, 0) is 55.0 Å². The number of fused-ring (bicyclic) bond motifs is 6. The number of hydrogen-bond donors (Lipinski definition) is 0. The zero-order valence-electron chi connectivity index (χ0n) is 21.7. The first-order valence-corrected chi connectivity index (χ1v) is 12.8. The number of allylic oxidation sites excluding steroid dienone is 2. The van der Waals surface area contributed by atoms with Crippen LogP contribution in [0, 0.1) is 6.92 Å². The molecule has 0 saturated heterocycles. The van der Waals surface area contributed by atoms with Crippen molar-refractivity contribution in [1.29, 1.82) is 0 Å². The Labute approximate surface area is 222 Å². The predicted molar refractivity (Wildman–Crippen MR) is 163 cm³/mol. The topological polar surface area (TPSA) is 22.8 Å². The summed E-state index contributed by atoms with van der Waals surface area (Å²) in [5.41, 5.74) is 8.50. The summed E-state index contributed by atoms with van der Waals surface area (Å²) in [6, 6.07) is 36.0. The molecule has 38 heavy (non-hydrogen) atoms. The molecule has 7 aromatic rings. The van der Waals surface area contributed by atoms with E-state index < -0.39 is 0 Å². The monoisotopic (exact) mass is 491 g/mol. The largest absolute Gasteiger partial charge is 0.344 e. The number of para-hydroxylation sites is 3. The van der Waals surface area contributed by atoms with Crippen LogP contribution in [0.15, 0.2) is 128 Å². The number of aryl methyl sites for hydroxylation is 2. The Morgan fingerprint density at radius 2 is 1.42 bits per heavy atom. The molecule has 0 amide bonds. The number of pyridine rings is 1. The molecule has 3 heteroatoms. The standard InChI is InChI=1S/C21H14N2.C14H15N/c1-2-8-16(9-3-1)23-18-11-5-4-10-17(18)20-19(23)13-12-15-7-6-14-22-21(15)20;1-4-5-9-13-11(2)12-8-6-7-10-14(12)15(13)3/h1-14H;4-10H,1H2,2-3H3/b;9-5-. The van der Waals surface area contributed by atoms with Gasteiger partial charge in [-0.3, -0.25) is 4.98 Å². The normalized spacial score (nSPS) is 11.4. The van der Waals surface area contributed by atoms with Gasteiger partial charge in [-0.25, -0.2) is 0 Å². The summed E-state index contributed by atoms with van der Waals surface area (Å²) in [5.74, 6) is 0. The van der Waals surface area contributed by atoms with Crippen LogP contribution in [0.4, 0.5) is 0 Å². The number of nitrogens with zero attached hydrogens (tertiary/aromatic N) is 3. The van der Waals surface area contributed by atoms with E-state index in [-0.39, 0.29) is 0 Å². The summed E-state index contributed by atoms with van der Waals surface area (Å²) in [6.07, 6.45) is 7.75. The molecular formula is C35H29N3. The van der Waals surface area contributed by atoms with Gasteiger partial charge in [-0.1, -0.05) is 85.5 Å². The van der Waals surface area contributed by atoms with Crippen molar-refractivity contribution in [3.05, 3.63) is 139 Å². The zero-order valence-corrected chi connectivity index (χ0v) is 21.7. The Hall–Kier alpha value is -4.89. The number of rotatable bonds is 3. The van der Waals surface area contributed by atoms with Crippen LogP contribution in [0.1, 0.15) is 11.3 Å². The van der Waals surface area contributed by atoms with Gasteiger partial charge in [-0.15, -0.1) is 0 Å². The molecule has 0 radical (unpaired) electrons. The van der Waals surface area contributed by atoms with E-state index in [4.69, 9.17) is 0 Å². The molecule has 0 aliphatic rings. The maximum Gasteiger partial charge on any atom is 0.0802 e. The van der Waals surface area contributed by atoms with Crippen LogP contribution in [0.3, 0.4) is 0 Å². The van der Waals surface area contributed by atoms with Crippen molar-refractivity contribution in [2.45, 2.75) is 6.92 Å². The molecule has 0 aliphatic carbocycles. The first kappa shape index (κ1) is 23.5. The van der Waals surface area contributed by atoms with Crippen molar-refractivity contribution in [2.24, 2.45) is 7.05 Å². The van der Waals surface area contributed by atoms with Gasteiger partial charge >= 0.3 is 0 Å². The maximum atomic E-state index is 4.65. The lowest BCUT2D eigenvalue weighted by atomic mass is 10.1. The highest BCUT2D eigenvalue weighted by molar-refractivity contribution is 6.20. The molecule has 3 nitrogen and oxygen atoms in total. The second-order valence-corrected chi connectivity index (χ2v) is 9.40. The van der Waals surface area contributed by atoms with Crippen LogP contribution in [-0.4, -0.2) is 14.1 Å². The Kier molecular flexibility index (Phi) is 6.11. The molecule has 3 aromatic heterocycles. The minimum atomic E-state index is 1.07. The van der Waals surface area contributed by atoms with E-state index in [0.29, 0.717) is 0 Å². The fourth-order valence-electron chi connectivity index (χ4n) is 5.45. The van der Waals surface area contributed by atoms with Crippen molar-refractivity contribution >= 4 is 49.7 Å². The molecule has 0 aliphatic heterocycles. The molecule has 4 aromatic carbocycles. The van der Waals surface area contributed by atoms with E-state index in [9.17, 15) is 0 Å². The number of benzene rings is 4. The molecule has 7 rings (SSSR count). The maximum absolute atomic E-state index is 4.65. The predicted octanol–water partition coefficient (Wildman–Crippen LogP) is 9.02. The summed E-state index contributed by atoms with van der Waals surface area (Å²) in [7, 11) is 2.10. The average Bonchev–Trinajstić information content (AvgIpc) is 3.44. The molecule has 0 atom stereocenters. The van der Waals surface area contributed by atoms with E-state index in [0.717, 1.165) is 5.52 Å². The summed E-state index contributed by atoms with van der Waals surface area (Å²) in [5, 5.41) is 4.97. The summed E-state index contributed by atoms with van der Waals surface area (Å²) < 4.78 is 4.53. The van der Waals surface area contributed by atoms with Crippen LogP contribution >= 0.6 is 0 Å². The van der Waals surface area contributed by atoms with E-state index in [1.165, 1.54) is 55.0 Å². The zero-order chi connectivity index (χ0) is 26.1. The van der Waals surface area contributed by atoms with Gasteiger partial charge < -0.3 is 9.13 Å². The molecule has 0 fully saturated rings. The third kappa shape index (κ3) is 3.89. The van der Waals surface area contributed by atoms with Crippen molar-refractivity contribution < 1.29 is 0 Å². The highest BCUT2D eigenvalue weighted by atomic mass is 15.0. The third-order valence-corrected chi connectivity index (χ3v) is 7.23. The second kappa shape index (κ2) is 9.87. The molecular weight excluding hydrogens is 462 g/mol. The third-order valence-electron chi connectivity index (χ3n) is 7.23. The Balaban J connectivity index is 0.000000153. The lowest BCUT2D eigenvalue weighted by Crippen LogP contribution is -1.92. The molecule has 0 bridgehead atoms. The highest BCUT2D eigenvalue weighted by Gasteiger charge is 2.14. The molecule has 3 heterocycles. The summed E-state index contributed by atoms with van der Waals surface area (Å²) in [6.45, 7) is 5.85. The lowest BCUT2D eigenvalue weighted by molar-refractivity contribution is 0.949. The van der Waals surface area contributed by atoms with Crippen LogP contribution in [-0.2, 0) is 7.05 Å². The lowest BCUT2D eigenvalue weighted by Gasteiger charge is -2.07. The molecule has 0 saturated carbocycles. The minimum absolute atomic E-state index is 1.07. The minimum Gasteiger partial charge on any atom is -0.344 e. The number of hydrogen-bond acceptors (Lipinski definition) is 1. The van der Waals surface area contributed by atoms with Gasteiger partial charge in [0.1, 0.15) is 0 Å². The molecule has 184 valence electrons. The van der Waals surface area contributed by atoms with E-state index in [1.54, 1.807) is 6.08 Å². The van der Waals surface area contributed by atoms with Gasteiger partial charge in [0.2, 0.25) is 0 Å². The number of aromatic nitrogens is 3. The Morgan fingerprint density at radius 3 is 2.18 bits per heavy atom. The second-order valence-electron chi connectivity index (χ2n) is 9.40. The quantitative estimate of drug-likeness (QED) is 0.226. The van der Waals surface area contributed by atoms with Gasteiger partial charge in [0, 0.05) is 51.7 Å². The van der Waals surface area contributed by atoms with Crippen molar-refractivity contribution in [3.8, 4) is 5.69 Å². The Morgan fingerprint density at radius 1 is 0.711 bits per heavy atom. The van der Waals surface area contributed by atoms with Crippen molar-refractivity contribution in [3.63, 3.8) is 0 Å². The average molecular weight is 492 g/mol. The fourth-order valence-corrected chi connectivity index (χ4v) is 5.45. The fraction of sp³-hybridized carbons (Fsp3) is 0.0571.